The van der Waals surface area contributed by atoms with Gasteiger partial charge in [0.25, 0.3) is 5.91 Å². The molecule has 0 saturated carbocycles. The highest BCUT2D eigenvalue weighted by Crippen LogP contribution is 2.52. The maximum atomic E-state index is 13.9. The van der Waals surface area contributed by atoms with Gasteiger partial charge in [0.1, 0.15) is 22.8 Å². The van der Waals surface area contributed by atoms with Crippen molar-refractivity contribution in [2.24, 2.45) is 23.0 Å². The lowest BCUT2D eigenvalue weighted by Crippen LogP contribution is -2.57. The molecule has 1 amide bonds. The number of aryl methyl sites for hydroxylation is 1. The topological polar surface area (TPSA) is 170 Å². The Labute approximate surface area is 216 Å². The van der Waals surface area contributed by atoms with Crippen LogP contribution >= 0.6 is 0 Å². The molecule has 7 N–H and O–H groups in total. The molecule has 0 spiro atoms. The minimum Gasteiger partial charge on any atom is -0.511 e. The lowest BCUT2D eigenvalue weighted by molar-refractivity contribution is -0.144. The number of fused-ring (bicyclic) bond motifs is 3. The second-order valence-corrected chi connectivity index (χ2v) is 11.7. The predicted octanol–water partition coefficient (Wildman–Crippen LogP) is 2.67. The van der Waals surface area contributed by atoms with Crippen molar-refractivity contribution in [1.82, 2.24) is 5.32 Å². The molecule has 3 aliphatic rings. The first-order chi connectivity index (χ1) is 17.2. The zero-order valence-corrected chi connectivity index (χ0v) is 21.8. The number of carbonyl (C=O) groups excluding carboxylic acids is 3. The Kier molecular flexibility index (Phi) is 6.75. The minimum absolute atomic E-state index is 0.0168. The third-order valence-corrected chi connectivity index (χ3v) is 7.72. The molecule has 0 saturated heterocycles. The average Bonchev–Trinajstić information content (AvgIpc) is 2.78. The fourth-order valence-electron chi connectivity index (χ4n) is 6.03. The molecule has 0 fully saturated rings. The quantitative estimate of drug-likeness (QED) is 0.316. The molecular formula is C28H36N2O7. The van der Waals surface area contributed by atoms with Gasteiger partial charge in [0.05, 0.1) is 5.56 Å². The van der Waals surface area contributed by atoms with Crippen LogP contribution < -0.4 is 11.1 Å². The number of phenolic OH excluding ortho intramolecular Hbond substituents is 1. The number of phenols is 1. The Morgan fingerprint density at radius 1 is 1.16 bits per heavy atom. The number of primary amides is 1. The van der Waals surface area contributed by atoms with Crippen LogP contribution in [0.4, 0.5) is 0 Å². The number of Topliss-reactive ketones (excluding diaryl/α,β-unsaturated/α-hetero) is 2. The number of amides is 1. The van der Waals surface area contributed by atoms with E-state index < -0.39 is 52.0 Å². The van der Waals surface area contributed by atoms with Crippen molar-refractivity contribution < 1.29 is 34.8 Å². The second kappa shape index (κ2) is 9.29. The first-order valence-electron chi connectivity index (χ1n) is 12.8. The monoisotopic (exact) mass is 512 g/mol. The van der Waals surface area contributed by atoms with Gasteiger partial charge in [-0.2, -0.15) is 0 Å². The molecule has 0 heterocycles. The summed E-state index contributed by atoms with van der Waals surface area (Å²) in [4.78, 5) is 38.8. The standard InChI is InChI=1S/C28H36N2O7/c1-5-6-13-7-15(11-30-12-27(2,3)4)22(32)20-17(13)9-14-8-16-10-18(31)21(26(29)36)25(35)28(16,37)24(34)19(14)23(20)33/h7,14,16,30-32,34,37H,5-6,8-12H2,1-4H3,(H2,29,36)/t14-,16+,28+/m1/s1. The fraction of sp³-hybridized carbons (Fsp3) is 0.536. The summed E-state index contributed by atoms with van der Waals surface area (Å²) in [6.45, 7) is 9.30. The van der Waals surface area contributed by atoms with Gasteiger partial charge in [-0.05, 0) is 41.7 Å². The summed E-state index contributed by atoms with van der Waals surface area (Å²) < 4.78 is 0. The van der Waals surface area contributed by atoms with Crippen molar-refractivity contribution in [2.45, 2.75) is 71.9 Å². The van der Waals surface area contributed by atoms with Crippen molar-refractivity contribution in [3.63, 3.8) is 0 Å². The predicted molar refractivity (Wildman–Crippen MR) is 136 cm³/mol. The summed E-state index contributed by atoms with van der Waals surface area (Å²) in [5.41, 5.74) is 4.09. The number of allylic oxidation sites excluding steroid dienone is 2. The van der Waals surface area contributed by atoms with E-state index in [9.17, 15) is 34.8 Å². The Bertz CT molecular complexity index is 1250. The van der Waals surface area contributed by atoms with E-state index in [1.807, 2.05) is 13.0 Å². The first kappa shape index (κ1) is 26.9. The number of aromatic hydroxyl groups is 1. The number of aliphatic hydroxyl groups is 3. The van der Waals surface area contributed by atoms with Gasteiger partial charge in [-0.25, -0.2) is 0 Å². The van der Waals surface area contributed by atoms with Gasteiger partial charge in [0.2, 0.25) is 5.78 Å². The van der Waals surface area contributed by atoms with E-state index in [1.54, 1.807) is 0 Å². The minimum atomic E-state index is -2.55. The van der Waals surface area contributed by atoms with Gasteiger partial charge in [-0.3, -0.25) is 14.4 Å². The molecule has 0 aliphatic heterocycles. The summed E-state index contributed by atoms with van der Waals surface area (Å²) in [5.74, 6) is -6.07. The van der Waals surface area contributed by atoms with Crippen molar-refractivity contribution in [3.8, 4) is 5.75 Å². The van der Waals surface area contributed by atoms with Crippen molar-refractivity contribution in [2.75, 3.05) is 6.54 Å². The van der Waals surface area contributed by atoms with E-state index >= 15 is 0 Å². The number of nitrogens with one attached hydrogen (secondary N) is 1. The van der Waals surface area contributed by atoms with Crippen LogP contribution in [0, 0.1) is 17.3 Å². The maximum Gasteiger partial charge on any atom is 0.255 e. The highest BCUT2D eigenvalue weighted by molar-refractivity contribution is 6.24. The molecule has 0 aromatic heterocycles. The van der Waals surface area contributed by atoms with Gasteiger partial charge in [0.15, 0.2) is 11.4 Å². The van der Waals surface area contributed by atoms with Gasteiger partial charge in [-0.15, -0.1) is 0 Å². The van der Waals surface area contributed by atoms with E-state index in [1.165, 1.54) is 0 Å². The van der Waals surface area contributed by atoms with Gasteiger partial charge in [-0.1, -0.05) is 40.2 Å². The number of nitrogens with two attached hydrogens (primary N) is 1. The number of ketones is 2. The van der Waals surface area contributed by atoms with Crippen LogP contribution in [0.15, 0.2) is 28.7 Å². The molecule has 200 valence electrons. The molecule has 9 heteroatoms. The van der Waals surface area contributed by atoms with Gasteiger partial charge >= 0.3 is 0 Å². The third-order valence-electron chi connectivity index (χ3n) is 7.72. The lowest BCUT2D eigenvalue weighted by atomic mass is 9.60. The number of aliphatic hydroxyl groups excluding tert-OH is 2. The Morgan fingerprint density at radius 3 is 2.43 bits per heavy atom. The molecule has 1 aromatic rings. The van der Waals surface area contributed by atoms with E-state index in [-0.39, 0.29) is 35.1 Å². The molecule has 0 radical (unpaired) electrons. The number of hydrogen-bond donors (Lipinski definition) is 6. The zero-order chi connectivity index (χ0) is 27.4. The molecular weight excluding hydrogens is 476 g/mol. The highest BCUT2D eigenvalue weighted by atomic mass is 16.3. The molecule has 3 aliphatic carbocycles. The van der Waals surface area contributed by atoms with E-state index in [0.717, 1.165) is 12.0 Å². The van der Waals surface area contributed by atoms with Crippen LogP contribution in [0.2, 0.25) is 0 Å². The third kappa shape index (κ3) is 4.34. The number of rotatable bonds is 6. The van der Waals surface area contributed by atoms with Crippen LogP contribution in [-0.2, 0) is 29.0 Å². The molecule has 3 atom stereocenters. The van der Waals surface area contributed by atoms with E-state index in [2.05, 4.69) is 26.1 Å². The molecule has 0 bridgehead atoms. The molecule has 37 heavy (non-hydrogen) atoms. The summed E-state index contributed by atoms with van der Waals surface area (Å²) >= 11 is 0. The normalized spacial score (nSPS) is 25.6. The lowest BCUT2D eigenvalue weighted by Gasteiger charge is -2.45. The maximum absolute atomic E-state index is 13.9. The number of hydrogen-bond acceptors (Lipinski definition) is 8. The van der Waals surface area contributed by atoms with Crippen molar-refractivity contribution >= 4 is 17.5 Å². The highest BCUT2D eigenvalue weighted by Gasteiger charge is 2.59. The zero-order valence-electron chi connectivity index (χ0n) is 21.8. The SMILES string of the molecule is CCCc1cc(CNCC(C)(C)C)c(O)c2c1C[C@H]1C[C@H]3CC(O)=C(C(N)=O)C(=O)[C@@]3(O)C(O)=C1C2=O. The molecule has 4 rings (SSSR count). The number of benzene rings is 1. The van der Waals surface area contributed by atoms with E-state index in [0.29, 0.717) is 37.1 Å². The van der Waals surface area contributed by atoms with Crippen LogP contribution in [-0.4, -0.2) is 50.0 Å². The fourth-order valence-corrected chi connectivity index (χ4v) is 6.03. The molecule has 9 nitrogen and oxygen atoms in total. The van der Waals surface area contributed by atoms with E-state index in [4.69, 9.17) is 5.73 Å². The Hall–Kier alpha value is -3.17. The Morgan fingerprint density at radius 2 is 1.84 bits per heavy atom. The summed E-state index contributed by atoms with van der Waals surface area (Å²) in [5, 5.41) is 47.4. The largest absolute Gasteiger partial charge is 0.511 e. The van der Waals surface area contributed by atoms with Crippen LogP contribution in [0.5, 0.6) is 5.75 Å². The summed E-state index contributed by atoms with van der Waals surface area (Å²) in [6.07, 6.45) is 1.74. The Balaban J connectivity index is 1.83. The molecule has 1 aromatic carbocycles. The van der Waals surface area contributed by atoms with Gasteiger partial charge in [0, 0.05) is 36.6 Å². The van der Waals surface area contributed by atoms with Crippen molar-refractivity contribution in [3.05, 3.63) is 51.0 Å². The van der Waals surface area contributed by atoms with Crippen LogP contribution in [0.25, 0.3) is 0 Å². The smallest absolute Gasteiger partial charge is 0.255 e. The summed E-state index contributed by atoms with van der Waals surface area (Å²) in [6, 6.07) is 1.92. The van der Waals surface area contributed by atoms with Crippen LogP contribution in [0.3, 0.4) is 0 Å². The number of carbonyl (C=O) groups is 3. The second-order valence-electron chi connectivity index (χ2n) is 11.7. The average molecular weight is 513 g/mol. The molecule has 0 unspecified atom stereocenters. The van der Waals surface area contributed by atoms with Crippen LogP contribution in [0.1, 0.15) is 74.0 Å². The van der Waals surface area contributed by atoms with Crippen molar-refractivity contribution in [1.29, 1.82) is 0 Å². The first-order valence-corrected chi connectivity index (χ1v) is 12.8. The summed E-state index contributed by atoms with van der Waals surface area (Å²) in [7, 11) is 0. The van der Waals surface area contributed by atoms with Gasteiger partial charge < -0.3 is 31.5 Å².